The van der Waals surface area contributed by atoms with Crippen molar-refractivity contribution < 1.29 is 4.42 Å². The average Bonchev–Trinajstić information content (AvgIpc) is 2.34. The van der Waals surface area contributed by atoms with Gasteiger partial charge in [-0.25, -0.2) is 0 Å². The lowest BCUT2D eigenvalue weighted by atomic mass is 9.79. The van der Waals surface area contributed by atoms with Gasteiger partial charge in [0.2, 0.25) is 0 Å². The van der Waals surface area contributed by atoms with Crippen molar-refractivity contribution in [3.8, 4) is 0 Å². The second kappa shape index (κ2) is 4.01. The van der Waals surface area contributed by atoms with Crippen molar-refractivity contribution in [3.05, 3.63) is 22.6 Å². The first-order chi connectivity index (χ1) is 7.09. The van der Waals surface area contributed by atoms with Gasteiger partial charge in [-0.2, -0.15) is 0 Å². The minimum Gasteiger partial charge on any atom is -0.466 e. The highest BCUT2D eigenvalue weighted by Crippen LogP contribution is 2.36. The van der Waals surface area contributed by atoms with E-state index in [1.807, 2.05) is 13.8 Å². The average molecular weight is 207 g/mol. The van der Waals surface area contributed by atoms with Crippen LogP contribution in [0.3, 0.4) is 0 Å². The van der Waals surface area contributed by atoms with Crippen molar-refractivity contribution in [1.82, 2.24) is 0 Å². The van der Waals surface area contributed by atoms with E-state index < -0.39 is 0 Å². The molecule has 2 nitrogen and oxygen atoms in total. The molecule has 0 bridgehead atoms. The maximum atomic E-state index is 6.26. The number of rotatable bonds is 3. The highest BCUT2D eigenvalue weighted by atomic mass is 16.3. The van der Waals surface area contributed by atoms with Crippen LogP contribution in [-0.4, -0.2) is 0 Å². The maximum Gasteiger partial charge on any atom is 0.106 e. The summed E-state index contributed by atoms with van der Waals surface area (Å²) < 4.78 is 5.62. The van der Waals surface area contributed by atoms with Crippen LogP contribution in [0.15, 0.2) is 4.42 Å². The van der Waals surface area contributed by atoms with Gasteiger partial charge in [0.15, 0.2) is 0 Å². The zero-order valence-electron chi connectivity index (χ0n) is 9.97. The zero-order valence-corrected chi connectivity index (χ0v) is 9.97. The lowest BCUT2D eigenvalue weighted by Crippen LogP contribution is -2.20. The van der Waals surface area contributed by atoms with Gasteiger partial charge in [-0.05, 0) is 38.7 Å². The molecular formula is C13H21NO. The first-order valence-corrected chi connectivity index (χ1v) is 5.91. The summed E-state index contributed by atoms with van der Waals surface area (Å²) in [5.74, 6) is 2.89. The van der Waals surface area contributed by atoms with Gasteiger partial charge in [-0.3, -0.25) is 0 Å². The summed E-state index contributed by atoms with van der Waals surface area (Å²) in [4.78, 5) is 0. The van der Waals surface area contributed by atoms with Gasteiger partial charge in [0.05, 0.1) is 0 Å². The molecule has 1 aromatic heterocycles. The second-order valence-corrected chi connectivity index (χ2v) is 4.89. The number of nitrogens with two attached hydrogens (primary N) is 1. The Morgan fingerprint density at radius 2 is 1.93 bits per heavy atom. The minimum absolute atomic E-state index is 0.174. The standard InChI is InChI=1S/C13H21NO/c1-8-9(2)15-10(3)13(8)12(14)7-11-5-4-6-11/h11-12H,4-7,14H2,1-3H3. The van der Waals surface area contributed by atoms with E-state index in [1.165, 1.54) is 30.4 Å². The SMILES string of the molecule is Cc1oc(C)c(C(N)CC2CCC2)c1C. The van der Waals surface area contributed by atoms with Crippen molar-refractivity contribution in [1.29, 1.82) is 0 Å². The third-order valence-electron chi connectivity index (χ3n) is 3.80. The molecule has 2 N–H and O–H groups in total. The molecule has 1 atom stereocenters. The second-order valence-electron chi connectivity index (χ2n) is 4.89. The Bertz CT molecular complexity index is 350. The molecule has 84 valence electrons. The molecule has 1 heterocycles. The Labute approximate surface area is 91.8 Å². The molecule has 0 aliphatic heterocycles. The monoisotopic (exact) mass is 207 g/mol. The Balaban J connectivity index is 2.12. The highest BCUT2D eigenvalue weighted by Gasteiger charge is 2.24. The molecule has 0 spiro atoms. The topological polar surface area (TPSA) is 39.2 Å². The Kier molecular flexibility index (Phi) is 2.87. The number of aryl methyl sites for hydroxylation is 2. The molecule has 1 fully saturated rings. The summed E-state index contributed by atoms with van der Waals surface area (Å²) >= 11 is 0. The van der Waals surface area contributed by atoms with Crippen LogP contribution in [0.1, 0.15) is 54.4 Å². The van der Waals surface area contributed by atoms with Crippen molar-refractivity contribution >= 4 is 0 Å². The van der Waals surface area contributed by atoms with E-state index in [-0.39, 0.29) is 6.04 Å². The third-order valence-corrected chi connectivity index (χ3v) is 3.80. The van der Waals surface area contributed by atoms with Gasteiger partial charge in [0.1, 0.15) is 11.5 Å². The van der Waals surface area contributed by atoms with Crippen molar-refractivity contribution in [2.45, 2.75) is 52.5 Å². The Morgan fingerprint density at radius 1 is 1.27 bits per heavy atom. The van der Waals surface area contributed by atoms with E-state index in [9.17, 15) is 0 Å². The predicted octanol–water partition coefficient (Wildman–Crippen LogP) is 3.39. The van der Waals surface area contributed by atoms with E-state index in [0.29, 0.717) is 0 Å². The molecule has 1 unspecified atom stereocenters. The zero-order chi connectivity index (χ0) is 11.0. The van der Waals surface area contributed by atoms with Gasteiger partial charge in [0, 0.05) is 11.6 Å². The molecule has 0 amide bonds. The lowest BCUT2D eigenvalue weighted by Gasteiger charge is -2.28. The Morgan fingerprint density at radius 3 is 2.33 bits per heavy atom. The van der Waals surface area contributed by atoms with Crippen LogP contribution in [-0.2, 0) is 0 Å². The van der Waals surface area contributed by atoms with E-state index in [4.69, 9.17) is 10.2 Å². The molecule has 0 radical (unpaired) electrons. The van der Waals surface area contributed by atoms with Crippen LogP contribution in [0.25, 0.3) is 0 Å². The summed E-state index contributed by atoms with van der Waals surface area (Å²) in [6, 6.07) is 0.174. The number of hydrogen-bond donors (Lipinski definition) is 1. The summed E-state index contributed by atoms with van der Waals surface area (Å²) in [7, 11) is 0. The maximum absolute atomic E-state index is 6.26. The number of hydrogen-bond acceptors (Lipinski definition) is 2. The van der Waals surface area contributed by atoms with E-state index in [1.54, 1.807) is 0 Å². The first-order valence-electron chi connectivity index (χ1n) is 5.91. The minimum atomic E-state index is 0.174. The molecule has 0 aromatic carbocycles. The molecule has 1 aromatic rings. The quantitative estimate of drug-likeness (QED) is 0.825. The smallest absolute Gasteiger partial charge is 0.106 e. The van der Waals surface area contributed by atoms with E-state index >= 15 is 0 Å². The highest BCUT2D eigenvalue weighted by molar-refractivity contribution is 5.34. The van der Waals surface area contributed by atoms with Gasteiger partial charge in [-0.15, -0.1) is 0 Å². The molecular weight excluding hydrogens is 186 g/mol. The van der Waals surface area contributed by atoms with Crippen molar-refractivity contribution in [3.63, 3.8) is 0 Å². The largest absolute Gasteiger partial charge is 0.466 e. The van der Waals surface area contributed by atoms with Gasteiger partial charge < -0.3 is 10.2 Å². The van der Waals surface area contributed by atoms with Crippen LogP contribution in [0.2, 0.25) is 0 Å². The fourth-order valence-corrected chi connectivity index (χ4v) is 2.56. The molecule has 0 saturated heterocycles. The fraction of sp³-hybridized carbons (Fsp3) is 0.692. The van der Waals surface area contributed by atoms with Gasteiger partial charge in [0.25, 0.3) is 0 Å². The van der Waals surface area contributed by atoms with Crippen LogP contribution in [0.4, 0.5) is 0 Å². The van der Waals surface area contributed by atoms with Gasteiger partial charge >= 0.3 is 0 Å². The van der Waals surface area contributed by atoms with Crippen LogP contribution in [0.5, 0.6) is 0 Å². The van der Waals surface area contributed by atoms with Gasteiger partial charge in [-0.1, -0.05) is 19.3 Å². The van der Waals surface area contributed by atoms with E-state index in [0.717, 1.165) is 23.9 Å². The van der Waals surface area contributed by atoms with E-state index in [2.05, 4.69) is 6.92 Å². The van der Waals surface area contributed by atoms with Crippen molar-refractivity contribution in [2.75, 3.05) is 0 Å². The molecule has 1 saturated carbocycles. The van der Waals surface area contributed by atoms with Crippen LogP contribution in [0, 0.1) is 26.7 Å². The summed E-state index contributed by atoms with van der Waals surface area (Å²) in [6.45, 7) is 6.15. The normalized spacial score (nSPS) is 18.9. The molecule has 2 heteroatoms. The van der Waals surface area contributed by atoms with Crippen LogP contribution >= 0.6 is 0 Å². The lowest BCUT2D eigenvalue weighted by molar-refractivity contribution is 0.276. The molecule has 15 heavy (non-hydrogen) atoms. The van der Waals surface area contributed by atoms with Crippen molar-refractivity contribution in [2.24, 2.45) is 11.7 Å². The summed E-state index contributed by atoms with van der Waals surface area (Å²) in [5, 5.41) is 0. The summed E-state index contributed by atoms with van der Waals surface area (Å²) in [6.07, 6.45) is 5.24. The number of furan rings is 1. The fourth-order valence-electron chi connectivity index (χ4n) is 2.56. The molecule has 1 aliphatic carbocycles. The van der Waals surface area contributed by atoms with Crippen LogP contribution < -0.4 is 5.73 Å². The first kappa shape index (κ1) is 10.7. The molecule has 1 aliphatic rings. The summed E-state index contributed by atoms with van der Waals surface area (Å²) in [5.41, 5.74) is 8.76. The molecule has 2 rings (SSSR count). The Hall–Kier alpha value is -0.760. The predicted molar refractivity (Wildman–Crippen MR) is 61.8 cm³/mol. The third kappa shape index (κ3) is 1.96.